The van der Waals surface area contributed by atoms with Gasteiger partial charge in [-0.15, -0.1) is 0 Å². The number of aliphatic hydroxyl groups is 1. The monoisotopic (exact) mass is 314 g/mol. The maximum Gasteiger partial charge on any atom is 0.0738 e. The van der Waals surface area contributed by atoms with Crippen molar-refractivity contribution in [2.75, 3.05) is 0 Å². The highest BCUT2D eigenvalue weighted by atomic mass is 79.9. The lowest BCUT2D eigenvalue weighted by Gasteiger charge is -2.41. The highest BCUT2D eigenvalue weighted by Gasteiger charge is 2.39. The number of halogens is 1. The van der Waals surface area contributed by atoms with E-state index in [2.05, 4.69) is 34.9 Å². The minimum Gasteiger partial charge on any atom is -0.389 e. The fourth-order valence-electron chi connectivity index (χ4n) is 3.30. The minimum atomic E-state index is -0.579. The van der Waals surface area contributed by atoms with Gasteiger partial charge in [0.25, 0.3) is 0 Å². The summed E-state index contributed by atoms with van der Waals surface area (Å²) in [5, 5.41) is 15.3. The van der Waals surface area contributed by atoms with Crippen LogP contribution in [0.4, 0.5) is 0 Å². The molecule has 102 valence electrons. The topological polar surface area (TPSA) is 38.0 Å². The average Bonchev–Trinajstić information content (AvgIpc) is 2.43. The van der Waals surface area contributed by atoms with Gasteiger partial charge in [-0.2, -0.15) is 5.10 Å². The molecule has 3 nitrogen and oxygen atoms in total. The van der Waals surface area contributed by atoms with Crippen LogP contribution in [0.2, 0.25) is 0 Å². The Kier molecular flexibility index (Phi) is 3.63. The second kappa shape index (κ2) is 4.64. The van der Waals surface area contributed by atoms with E-state index < -0.39 is 5.60 Å². The summed E-state index contributed by atoms with van der Waals surface area (Å²) in [6, 6.07) is 0. The van der Waals surface area contributed by atoms with Crippen LogP contribution in [0, 0.1) is 12.3 Å². The van der Waals surface area contributed by atoms with Gasteiger partial charge in [0.2, 0.25) is 0 Å². The lowest BCUT2D eigenvalue weighted by atomic mass is 9.68. The fraction of sp³-hybridized carbons (Fsp3) is 0.786. The van der Waals surface area contributed by atoms with Crippen LogP contribution < -0.4 is 0 Å². The molecule has 1 aromatic rings. The molecule has 1 atom stereocenters. The van der Waals surface area contributed by atoms with Crippen molar-refractivity contribution in [3.05, 3.63) is 15.9 Å². The third-order valence-electron chi connectivity index (χ3n) is 4.06. The number of hydrogen-bond acceptors (Lipinski definition) is 2. The van der Waals surface area contributed by atoms with Crippen molar-refractivity contribution in [1.82, 2.24) is 9.78 Å². The van der Waals surface area contributed by atoms with Crippen LogP contribution in [0.25, 0.3) is 0 Å². The van der Waals surface area contributed by atoms with Gasteiger partial charge in [0.15, 0.2) is 0 Å². The van der Waals surface area contributed by atoms with Crippen molar-refractivity contribution in [3.63, 3.8) is 0 Å². The molecule has 1 fully saturated rings. The molecule has 0 saturated heterocycles. The Morgan fingerprint density at radius 1 is 1.39 bits per heavy atom. The molecule has 0 spiro atoms. The van der Waals surface area contributed by atoms with Crippen molar-refractivity contribution >= 4 is 15.9 Å². The molecule has 4 heteroatoms. The van der Waals surface area contributed by atoms with E-state index in [1.165, 1.54) is 6.42 Å². The third kappa shape index (κ3) is 2.80. The number of hydrogen-bond donors (Lipinski definition) is 1. The lowest BCUT2D eigenvalue weighted by Crippen LogP contribution is -2.41. The van der Waals surface area contributed by atoms with Crippen molar-refractivity contribution < 1.29 is 5.11 Å². The smallest absolute Gasteiger partial charge is 0.0738 e. The molecule has 1 unspecified atom stereocenters. The zero-order chi connectivity index (χ0) is 13.6. The lowest BCUT2D eigenvalue weighted by molar-refractivity contribution is -0.0395. The maximum atomic E-state index is 10.9. The Morgan fingerprint density at radius 3 is 2.56 bits per heavy atom. The van der Waals surface area contributed by atoms with Crippen LogP contribution in [-0.2, 0) is 13.5 Å². The second-order valence-electron chi connectivity index (χ2n) is 6.57. The van der Waals surface area contributed by atoms with Crippen LogP contribution >= 0.6 is 15.9 Å². The van der Waals surface area contributed by atoms with Crippen molar-refractivity contribution in [3.8, 4) is 0 Å². The first kappa shape index (κ1) is 14.1. The van der Waals surface area contributed by atoms with E-state index in [9.17, 15) is 5.11 Å². The van der Waals surface area contributed by atoms with Crippen LogP contribution in [0.15, 0.2) is 4.47 Å². The Bertz CT molecular complexity index is 453. The van der Waals surface area contributed by atoms with Gasteiger partial charge in [0, 0.05) is 13.5 Å². The predicted molar refractivity (Wildman–Crippen MR) is 76.5 cm³/mol. The molecule has 0 radical (unpaired) electrons. The molecule has 0 amide bonds. The van der Waals surface area contributed by atoms with Crippen LogP contribution in [0.3, 0.4) is 0 Å². The maximum absolute atomic E-state index is 10.9. The van der Waals surface area contributed by atoms with E-state index >= 15 is 0 Å². The number of nitrogens with zero attached hydrogens (tertiary/aromatic N) is 2. The normalized spacial score (nSPS) is 27.4. The van der Waals surface area contributed by atoms with Crippen molar-refractivity contribution in [2.45, 2.75) is 58.5 Å². The molecule has 1 heterocycles. The van der Waals surface area contributed by atoms with Gasteiger partial charge in [-0.05, 0) is 47.5 Å². The molecular formula is C14H23BrN2O. The predicted octanol–water partition coefficient (Wildman–Crippen LogP) is 3.36. The van der Waals surface area contributed by atoms with Gasteiger partial charge in [0.05, 0.1) is 21.5 Å². The Labute approximate surface area is 118 Å². The van der Waals surface area contributed by atoms with Crippen molar-refractivity contribution in [1.29, 1.82) is 0 Å². The van der Waals surface area contributed by atoms with Crippen LogP contribution in [0.1, 0.15) is 50.9 Å². The Morgan fingerprint density at radius 2 is 2.06 bits per heavy atom. The molecule has 1 N–H and O–H groups in total. The molecule has 1 aliphatic rings. The van der Waals surface area contributed by atoms with Gasteiger partial charge in [-0.25, -0.2) is 0 Å². The quantitative estimate of drug-likeness (QED) is 0.909. The molecule has 0 aliphatic heterocycles. The zero-order valence-corrected chi connectivity index (χ0v) is 13.3. The van der Waals surface area contributed by atoms with Crippen LogP contribution in [0.5, 0.6) is 0 Å². The van der Waals surface area contributed by atoms with Gasteiger partial charge in [-0.3, -0.25) is 4.68 Å². The molecule has 0 bridgehead atoms. The number of aromatic nitrogens is 2. The highest BCUT2D eigenvalue weighted by Crippen LogP contribution is 2.43. The van der Waals surface area contributed by atoms with E-state index in [0.29, 0.717) is 6.42 Å². The summed E-state index contributed by atoms with van der Waals surface area (Å²) in [7, 11) is 1.95. The summed E-state index contributed by atoms with van der Waals surface area (Å²) in [6.45, 7) is 6.49. The first-order chi connectivity index (χ1) is 8.22. The van der Waals surface area contributed by atoms with Gasteiger partial charge < -0.3 is 5.11 Å². The molecule has 18 heavy (non-hydrogen) atoms. The second-order valence-corrected chi connectivity index (χ2v) is 7.36. The van der Waals surface area contributed by atoms with Crippen LogP contribution in [-0.4, -0.2) is 20.5 Å². The molecule has 2 rings (SSSR count). The molecule has 1 aliphatic carbocycles. The number of rotatable bonds is 2. The Balaban J connectivity index is 2.22. The minimum absolute atomic E-state index is 0.243. The fourth-order valence-corrected chi connectivity index (χ4v) is 3.77. The highest BCUT2D eigenvalue weighted by molar-refractivity contribution is 9.10. The molecular weight excluding hydrogens is 292 g/mol. The summed E-state index contributed by atoms with van der Waals surface area (Å²) in [5.74, 6) is 0. The summed E-state index contributed by atoms with van der Waals surface area (Å²) in [4.78, 5) is 0. The molecule has 1 saturated carbocycles. The van der Waals surface area contributed by atoms with E-state index in [1.54, 1.807) is 0 Å². The standard InChI is InChI=1S/C14H23BrN2O/c1-10-12(15)11(17(4)16-10)8-14(18)7-5-6-13(2,3)9-14/h18H,5-9H2,1-4H3. The van der Waals surface area contributed by atoms with E-state index in [0.717, 1.165) is 35.1 Å². The van der Waals surface area contributed by atoms with E-state index in [4.69, 9.17) is 0 Å². The first-order valence-electron chi connectivity index (χ1n) is 6.63. The summed E-state index contributed by atoms with van der Waals surface area (Å²) < 4.78 is 2.93. The third-order valence-corrected chi connectivity index (χ3v) is 5.09. The summed E-state index contributed by atoms with van der Waals surface area (Å²) in [6.07, 6.45) is 4.77. The molecule has 0 aromatic carbocycles. The van der Waals surface area contributed by atoms with Gasteiger partial charge >= 0.3 is 0 Å². The summed E-state index contributed by atoms with van der Waals surface area (Å²) in [5.41, 5.74) is 1.76. The SMILES string of the molecule is Cc1nn(C)c(CC2(O)CCCC(C)(C)C2)c1Br. The number of aryl methyl sites for hydroxylation is 2. The zero-order valence-electron chi connectivity index (χ0n) is 11.8. The van der Waals surface area contributed by atoms with E-state index in [-0.39, 0.29) is 5.41 Å². The molecule has 1 aromatic heterocycles. The Hall–Kier alpha value is -0.350. The average molecular weight is 315 g/mol. The van der Waals surface area contributed by atoms with Gasteiger partial charge in [-0.1, -0.05) is 20.3 Å². The van der Waals surface area contributed by atoms with E-state index in [1.807, 2.05) is 18.7 Å². The first-order valence-corrected chi connectivity index (χ1v) is 7.42. The van der Waals surface area contributed by atoms with Gasteiger partial charge in [0.1, 0.15) is 0 Å². The summed E-state index contributed by atoms with van der Waals surface area (Å²) >= 11 is 3.59. The van der Waals surface area contributed by atoms with Crippen molar-refractivity contribution in [2.24, 2.45) is 12.5 Å². The largest absolute Gasteiger partial charge is 0.389 e.